The van der Waals surface area contributed by atoms with Crippen molar-refractivity contribution in [2.75, 3.05) is 23.4 Å². The molecule has 1 aliphatic heterocycles. The summed E-state index contributed by atoms with van der Waals surface area (Å²) in [4.78, 5) is 31.1. The number of nitrogens with zero attached hydrogens (tertiary/aromatic N) is 2. The molecule has 1 saturated heterocycles. The van der Waals surface area contributed by atoms with E-state index < -0.39 is 5.92 Å². The number of aromatic nitrogens is 1. The van der Waals surface area contributed by atoms with E-state index in [0.717, 1.165) is 21.7 Å². The Kier molecular flexibility index (Phi) is 4.77. The summed E-state index contributed by atoms with van der Waals surface area (Å²) in [5, 5.41) is 3.42. The molecule has 1 atom stereocenters. The second-order valence-corrected chi connectivity index (χ2v) is 7.34. The largest absolute Gasteiger partial charge is 0.494 e. The number of carbonyl (C=O) groups is 2. The molecule has 1 N–H and O–H groups in total. The summed E-state index contributed by atoms with van der Waals surface area (Å²) in [5.74, 6) is 0.147. The van der Waals surface area contributed by atoms with Gasteiger partial charge in [0.05, 0.1) is 22.7 Å². The van der Waals surface area contributed by atoms with Gasteiger partial charge in [0.15, 0.2) is 5.13 Å². The normalized spacial score (nSPS) is 16.7. The van der Waals surface area contributed by atoms with Crippen LogP contribution in [0.1, 0.15) is 13.3 Å². The molecule has 1 aromatic heterocycles. The van der Waals surface area contributed by atoms with Crippen LogP contribution in [0.15, 0.2) is 48.5 Å². The molecule has 2 aromatic carbocycles. The zero-order valence-corrected chi connectivity index (χ0v) is 15.7. The van der Waals surface area contributed by atoms with Crippen molar-refractivity contribution in [1.29, 1.82) is 0 Å². The second kappa shape index (κ2) is 7.36. The number of benzene rings is 2. The molecule has 1 fully saturated rings. The minimum atomic E-state index is -0.393. The third-order valence-corrected chi connectivity index (χ3v) is 5.43. The SMILES string of the molecule is CCOc1ccc(N2CC(C(=O)Nc3nc4ccccc4s3)CC2=O)cc1. The van der Waals surface area contributed by atoms with E-state index in [9.17, 15) is 9.59 Å². The Hall–Kier alpha value is -2.93. The van der Waals surface area contributed by atoms with Crippen molar-refractivity contribution in [1.82, 2.24) is 4.98 Å². The van der Waals surface area contributed by atoms with Crippen LogP contribution in [-0.4, -0.2) is 29.9 Å². The first-order chi connectivity index (χ1) is 13.1. The molecule has 27 heavy (non-hydrogen) atoms. The molecular formula is C20H19N3O3S. The van der Waals surface area contributed by atoms with Crippen LogP contribution in [0.2, 0.25) is 0 Å². The fourth-order valence-electron chi connectivity index (χ4n) is 3.15. The predicted octanol–water partition coefficient (Wildman–Crippen LogP) is 3.69. The van der Waals surface area contributed by atoms with E-state index in [2.05, 4.69) is 10.3 Å². The third kappa shape index (κ3) is 3.64. The molecule has 6 nitrogen and oxygen atoms in total. The van der Waals surface area contributed by atoms with Crippen LogP contribution in [0, 0.1) is 5.92 Å². The summed E-state index contributed by atoms with van der Waals surface area (Å²) in [5.41, 5.74) is 1.63. The average Bonchev–Trinajstić information content (AvgIpc) is 3.25. The highest BCUT2D eigenvalue weighted by Crippen LogP contribution is 2.29. The van der Waals surface area contributed by atoms with Crippen LogP contribution < -0.4 is 15.0 Å². The molecule has 7 heteroatoms. The highest BCUT2D eigenvalue weighted by atomic mass is 32.1. The Morgan fingerprint density at radius 1 is 1.26 bits per heavy atom. The molecule has 0 saturated carbocycles. The van der Waals surface area contributed by atoms with Gasteiger partial charge in [0.1, 0.15) is 5.75 Å². The van der Waals surface area contributed by atoms with Crippen LogP contribution in [0.5, 0.6) is 5.75 Å². The van der Waals surface area contributed by atoms with Crippen LogP contribution in [0.3, 0.4) is 0 Å². The topological polar surface area (TPSA) is 71.5 Å². The number of rotatable bonds is 5. The molecule has 0 spiro atoms. The smallest absolute Gasteiger partial charge is 0.231 e. The first-order valence-electron chi connectivity index (χ1n) is 8.83. The minimum Gasteiger partial charge on any atom is -0.494 e. The number of carbonyl (C=O) groups excluding carboxylic acids is 2. The van der Waals surface area contributed by atoms with E-state index in [1.165, 1.54) is 11.3 Å². The van der Waals surface area contributed by atoms with E-state index in [0.29, 0.717) is 18.3 Å². The zero-order chi connectivity index (χ0) is 18.8. The molecule has 1 unspecified atom stereocenters. The molecule has 0 bridgehead atoms. The molecule has 0 aliphatic carbocycles. The molecule has 1 aliphatic rings. The second-order valence-electron chi connectivity index (χ2n) is 6.31. The van der Waals surface area contributed by atoms with Gasteiger partial charge in [-0.15, -0.1) is 0 Å². The number of hydrogen-bond acceptors (Lipinski definition) is 5. The summed E-state index contributed by atoms with van der Waals surface area (Å²) >= 11 is 1.43. The third-order valence-electron chi connectivity index (χ3n) is 4.48. The number of thiazole rings is 1. The van der Waals surface area contributed by atoms with Crippen molar-refractivity contribution >= 4 is 44.2 Å². The lowest BCUT2D eigenvalue weighted by atomic mass is 10.1. The zero-order valence-electron chi connectivity index (χ0n) is 14.8. The summed E-state index contributed by atoms with van der Waals surface area (Å²) in [6, 6.07) is 15.1. The number of fused-ring (bicyclic) bond motifs is 1. The Labute approximate surface area is 160 Å². The van der Waals surface area contributed by atoms with Crippen LogP contribution in [0.4, 0.5) is 10.8 Å². The minimum absolute atomic E-state index is 0.0522. The molecule has 2 heterocycles. The molecule has 2 amide bonds. The first kappa shape index (κ1) is 17.5. The highest BCUT2D eigenvalue weighted by Gasteiger charge is 2.35. The molecular weight excluding hydrogens is 362 g/mol. The quantitative estimate of drug-likeness (QED) is 0.732. The monoisotopic (exact) mass is 381 g/mol. The van der Waals surface area contributed by atoms with E-state index in [1.807, 2.05) is 55.5 Å². The van der Waals surface area contributed by atoms with Gasteiger partial charge in [0.25, 0.3) is 0 Å². The lowest BCUT2D eigenvalue weighted by molar-refractivity contribution is -0.122. The van der Waals surface area contributed by atoms with E-state index in [1.54, 1.807) is 4.90 Å². The van der Waals surface area contributed by atoms with Crippen molar-refractivity contribution in [3.05, 3.63) is 48.5 Å². The maximum absolute atomic E-state index is 12.6. The molecule has 0 radical (unpaired) electrons. The van der Waals surface area contributed by atoms with Gasteiger partial charge in [-0.3, -0.25) is 9.59 Å². The van der Waals surface area contributed by atoms with Crippen LogP contribution in [0.25, 0.3) is 10.2 Å². The number of para-hydroxylation sites is 1. The maximum Gasteiger partial charge on any atom is 0.231 e. The summed E-state index contributed by atoms with van der Waals surface area (Å²) in [6.45, 7) is 2.88. The van der Waals surface area contributed by atoms with Crippen molar-refractivity contribution in [2.45, 2.75) is 13.3 Å². The summed E-state index contributed by atoms with van der Waals surface area (Å²) < 4.78 is 6.45. The number of amides is 2. The van der Waals surface area contributed by atoms with Crippen molar-refractivity contribution in [3.8, 4) is 5.75 Å². The standard InChI is InChI=1S/C20H19N3O3S/c1-2-26-15-9-7-14(8-10-15)23-12-13(11-18(23)24)19(25)22-20-21-16-5-3-4-6-17(16)27-20/h3-10,13H,2,11-12H2,1H3,(H,21,22,25). The molecule has 4 rings (SSSR count). The Bertz CT molecular complexity index is 951. The van der Waals surface area contributed by atoms with E-state index in [4.69, 9.17) is 4.74 Å². The van der Waals surface area contributed by atoms with Crippen LogP contribution in [-0.2, 0) is 9.59 Å². The van der Waals surface area contributed by atoms with Gasteiger partial charge in [-0.1, -0.05) is 23.5 Å². The Morgan fingerprint density at radius 3 is 2.78 bits per heavy atom. The maximum atomic E-state index is 12.6. The van der Waals surface area contributed by atoms with Gasteiger partial charge in [-0.25, -0.2) is 4.98 Å². The van der Waals surface area contributed by atoms with Gasteiger partial charge in [-0.2, -0.15) is 0 Å². The Morgan fingerprint density at radius 2 is 2.04 bits per heavy atom. The lowest BCUT2D eigenvalue weighted by Crippen LogP contribution is -2.28. The average molecular weight is 381 g/mol. The number of nitrogens with one attached hydrogen (secondary N) is 1. The van der Waals surface area contributed by atoms with Gasteiger partial charge < -0.3 is 15.0 Å². The van der Waals surface area contributed by atoms with Gasteiger partial charge in [0, 0.05) is 18.7 Å². The van der Waals surface area contributed by atoms with Gasteiger partial charge >= 0.3 is 0 Å². The van der Waals surface area contributed by atoms with Crippen molar-refractivity contribution < 1.29 is 14.3 Å². The first-order valence-corrected chi connectivity index (χ1v) is 9.65. The molecule has 138 valence electrons. The Balaban J connectivity index is 1.44. The van der Waals surface area contributed by atoms with Crippen LogP contribution >= 0.6 is 11.3 Å². The molecule has 3 aromatic rings. The summed E-state index contributed by atoms with van der Waals surface area (Å²) in [6.07, 6.45) is 0.198. The fourth-order valence-corrected chi connectivity index (χ4v) is 4.02. The highest BCUT2D eigenvalue weighted by molar-refractivity contribution is 7.22. The van der Waals surface area contributed by atoms with E-state index in [-0.39, 0.29) is 18.2 Å². The number of anilines is 2. The summed E-state index contributed by atoms with van der Waals surface area (Å²) in [7, 11) is 0. The van der Waals surface area contributed by atoms with Crippen molar-refractivity contribution in [2.24, 2.45) is 5.92 Å². The van der Waals surface area contributed by atoms with E-state index >= 15 is 0 Å². The van der Waals surface area contributed by atoms with Crippen molar-refractivity contribution in [3.63, 3.8) is 0 Å². The number of ether oxygens (including phenoxy) is 1. The van der Waals surface area contributed by atoms with Gasteiger partial charge in [0.2, 0.25) is 11.8 Å². The lowest BCUT2D eigenvalue weighted by Gasteiger charge is -2.17. The fraction of sp³-hybridized carbons (Fsp3) is 0.250. The van der Waals surface area contributed by atoms with Gasteiger partial charge in [-0.05, 0) is 43.3 Å². The predicted molar refractivity (Wildman–Crippen MR) is 106 cm³/mol. The number of hydrogen-bond donors (Lipinski definition) is 1.